The predicted molar refractivity (Wildman–Crippen MR) is 115 cm³/mol. The van der Waals surface area contributed by atoms with Crippen LogP contribution in [0.4, 0.5) is 0 Å². The molecule has 0 atom stereocenters. The van der Waals surface area contributed by atoms with Crippen LogP contribution in [0.3, 0.4) is 0 Å². The van der Waals surface area contributed by atoms with Crippen molar-refractivity contribution in [2.75, 3.05) is 0 Å². The van der Waals surface area contributed by atoms with Crippen molar-refractivity contribution >= 4 is 39.8 Å². The highest BCUT2D eigenvalue weighted by molar-refractivity contribution is 8.27. The Kier molecular flexibility index (Phi) is 3.99. The zero-order valence-corrected chi connectivity index (χ0v) is 16.8. The number of benzene rings is 1. The summed E-state index contributed by atoms with van der Waals surface area (Å²) in [6.45, 7) is 3.86. The molecule has 146 valence electrons. The fourth-order valence-electron chi connectivity index (χ4n) is 3.62. The minimum absolute atomic E-state index is 0.0514. The number of phenolic OH excluding ortho intramolecular Hbond substituents is 1. The molecule has 0 spiro atoms. The maximum Gasteiger partial charge on any atom is 0.283 e. The molecule has 0 unspecified atom stereocenters. The first kappa shape index (κ1) is 17.9. The quantitative estimate of drug-likeness (QED) is 0.759. The Morgan fingerprint density at radius 3 is 2.76 bits per heavy atom. The monoisotopic (exact) mass is 405 g/mol. The minimum atomic E-state index is -0.423. The van der Waals surface area contributed by atoms with E-state index in [0.717, 1.165) is 34.8 Å². The van der Waals surface area contributed by atoms with Gasteiger partial charge in [0.05, 0.1) is 11.3 Å². The first-order valence-corrected chi connectivity index (χ1v) is 10.2. The Morgan fingerprint density at radius 1 is 1.28 bits per heavy atom. The lowest BCUT2D eigenvalue weighted by Gasteiger charge is -2.20. The van der Waals surface area contributed by atoms with Crippen LogP contribution in [-0.4, -0.2) is 36.6 Å². The summed E-state index contributed by atoms with van der Waals surface area (Å²) in [5.41, 5.74) is 3.47. The molecule has 2 N–H and O–H groups in total. The Hall–Kier alpha value is -3.13. The number of aryl methyl sites for hydroxylation is 1. The van der Waals surface area contributed by atoms with Gasteiger partial charge in [-0.3, -0.25) is 10.2 Å². The van der Waals surface area contributed by atoms with E-state index in [4.69, 9.17) is 5.41 Å². The number of hydrazone groups is 1. The van der Waals surface area contributed by atoms with E-state index in [1.54, 1.807) is 18.2 Å². The summed E-state index contributed by atoms with van der Waals surface area (Å²) in [5, 5.41) is 26.2. The molecule has 0 bridgehead atoms. The molecule has 1 aromatic carbocycles. The van der Waals surface area contributed by atoms with Crippen molar-refractivity contribution in [3.63, 3.8) is 0 Å². The van der Waals surface area contributed by atoms with Gasteiger partial charge in [0.25, 0.3) is 5.91 Å². The molecule has 1 saturated carbocycles. The summed E-state index contributed by atoms with van der Waals surface area (Å²) in [6, 6.07) is 9.06. The number of aromatic hydroxyl groups is 1. The number of amides is 1. The van der Waals surface area contributed by atoms with Gasteiger partial charge in [-0.25, -0.2) is 0 Å². The van der Waals surface area contributed by atoms with Gasteiger partial charge in [-0.05, 0) is 68.3 Å². The van der Waals surface area contributed by atoms with E-state index in [0.29, 0.717) is 16.8 Å². The number of aliphatic imine (C=N–C) groups is 1. The summed E-state index contributed by atoms with van der Waals surface area (Å²) >= 11 is 1.39. The molecule has 7 nitrogen and oxygen atoms in total. The molecule has 0 saturated heterocycles. The van der Waals surface area contributed by atoms with Crippen LogP contribution in [0.15, 0.2) is 46.0 Å². The number of phenols is 1. The minimum Gasteiger partial charge on any atom is -0.506 e. The summed E-state index contributed by atoms with van der Waals surface area (Å²) in [5.74, 6) is 0.255. The molecule has 3 heterocycles. The zero-order valence-electron chi connectivity index (χ0n) is 16.0. The number of thioether (sulfide) groups is 1. The van der Waals surface area contributed by atoms with Crippen molar-refractivity contribution < 1.29 is 9.90 Å². The van der Waals surface area contributed by atoms with Crippen LogP contribution < -0.4 is 0 Å². The first-order valence-electron chi connectivity index (χ1n) is 9.41. The second-order valence-electron chi connectivity index (χ2n) is 7.38. The number of fused-ring (bicyclic) bond motifs is 1. The highest BCUT2D eigenvalue weighted by Gasteiger charge is 2.40. The van der Waals surface area contributed by atoms with Gasteiger partial charge in [-0.15, -0.1) is 0 Å². The number of aromatic nitrogens is 1. The average molecular weight is 405 g/mol. The van der Waals surface area contributed by atoms with Crippen molar-refractivity contribution in [1.82, 2.24) is 9.58 Å². The molecule has 29 heavy (non-hydrogen) atoms. The van der Waals surface area contributed by atoms with Crippen molar-refractivity contribution in [3.8, 4) is 11.4 Å². The molecule has 0 radical (unpaired) electrons. The van der Waals surface area contributed by atoms with Crippen LogP contribution in [0.1, 0.15) is 29.8 Å². The van der Waals surface area contributed by atoms with Crippen molar-refractivity contribution in [2.24, 2.45) is 16.0 Å². The molecule has 2 aliphatic heterocycles. The largest absolute Gasteiger partial charge is 0.506 e. The van der Waals surface area contributed by atoms with Gasteiger partial charge in [0.15, 0.2) is 5.84 Å². The van der Waals surface area contributed by atoms with Crippen LogP contribution >= 0.6 is 11.8 Å². The molecule has 1 aromatic heterocycles. The maximum absolute atomic E-state index is 12.6. The van der Waals surface area contributed by atoms with Crippen molar-refractivity contribution in [1.29, 1.82) is 5.41 Å². The second kappa shape index (κ2) is 6.45. The number of hydrogen-bond donors (Lipinski definition) is 2. The van der Waals surface area contributed by atoms with Gasteiger partial charge in [-0.2, -0.15) is 15.1 Å². The molecule has 1 amide bonds. The Morgan fingerprint density at radius 2 is 2.03 bits per heavy atom. The van der Waals surface area contributed by atoms with Gasteiger partial charge < -0.3 is 9.67 Å². The van der Waals surface area contributed by atoms with Gasteiger partial charge in [0, 0.05) is 17.3 Å². The number of carbonyl (C=O) groups excluding carboxylic acids is 1. The number of para-hydroxylation sites is 2. The van der Waals surface area contributed by atoms with E-state index >= 15 is 0 Å². The lowest BCUT2D eigenvalue weighted by molar-refractivity contribution is -0.114. The summed E-state index contributed by atoms with van der Waals surface area (Å²) < 4.78 is 1.93. The lowest BCUT2D eigenvalue weighted by Crippen LogP contribution is -2.35. The smallest absolute Gasteiger partial charge is 0.283 e. The van der Waals surface area contributed by atoms with E-state index in [1.165, 1.54) is 16.8 Å². The number of nitrogens with one attached hydrogen (secondary N) is 1. The standard InChI is InChI=1S/C21H19N5O2S/c1-11-9-14(12(2)25(11)16-5-3-4-6-17(16)27)10-15-18(22)26-21(23-19(15)28)29-20(24-26)13-7-8-13/h3-6,9-10,13,22,27H,7-8H2,1-2H3. The van der Waals surface area contributed by atoms with Crippen LogP contribution in [0.2, 0.25) is 0 Å². The molecule has 2 aromatic rings. The third kappa shape index (κ3) is 2.91. The molecule has 1 fully saturated rings. The zero-order chi connectivity index (χ0) is 20.3. The predicted octanol–water partition coefficient (Wildman–Crippen LogP) is 3.83. The molecular formula is C21H19N5O2S. The van der Waals surface area contributed by atoms with E-state index in [9.17, 15) is 9.90 Å². The van der Waals surface area contributed by atoms with E-state index in [-0.39, 0.29) is 17.2 Å². The molecule has 3 aliphatic rings. The fraction of sp³-hybridized carbons (Fsp3) is 0.238. The topological polar surface area (TPSA) is 94.0 Å². The number of nitrogens with zero attached hydrogens (tertiary/aromatic N) is 4. The SMILES string of the molecule is Cc1cc(C=C2C(=N)N3N=C(C4CC4)SC3=NC2=O)c(C)n1-c1ccccc1O. The van der Waals surface area contributed by atoms with Crippen molar-refractivity contribution in [3.05, 3.63) is 52.9 Å². The summed E-state index contributed by atoms with van der Waals surface area (Å²) in [4.78, 5) is 16.8. The summed E-state index contributed by atoms with van der Waals surface area (Å²) in [6.07, 6.45) is 3.91. The molecule has 8 heteroatoms. The van der Waals surface area contributed by atoms with Gasteiger partial charge >= 0.3 is 0 Å². The fourth-order valence-corrected chi connectivity index (χ4v) is 4.67. The van der Waals surface area contributed by atoms with Crippen LogP contribution in [0.25, 0.3) is 11.8 Å². The summed E-state index contributed by atoms with van der Waals surface area (Å²) in [7, 11) is 0. The third-order valence-corrected chi connectivity index (χ3v) is 6.36. The lowest BCUT2D eigenvalue weighted by atomic mass is 10.1. The van der Waals surface area contributed by atoms with E-state index in [2.05, 4.69) is 10.1 Å². The van der Waals surface area contributed by atoms with E-state index < -0.39 is 5.91 Å². The van der Waals surface area contributed by atoms with Crippen LogP contribution in [0.5, 0.6) is 5.75 Å². The van der Waals surface area contributed by atoms with Crippen LogP contribution in [-0.2, 0) is 4.79 Å². The Bertz CT molecular complexity index is 1170. The molecule has 1 aliphatic carbocycles. The maximum atomic E-state index is 12.6. The number of hydrogen-bond acceptors (Lipinski definition) is 5. The third-order valence-electron chi connectivity index (χ3n) is 5.29. The first-order chi connectivity index (χ1) is 13.9. The average Bonchev–Trinajstić information content (AvgIpc) is 3.39. The highest BCUT2D eigenvalue weighted by atomic mass is 32.2. The normalized spacial score (nSPS) is 20.2. The number of carbonyl (C=O) groups is 1. The van der Waals surface area contributed by atoms with Gasteiger partial charge in [0.2, 0.25) is 5.17 Å². The van der Waals surface area contributed by atoms with Gasteiger partial charge in [-0.1, -0.05) is 12.1 Å². The van der Waals surface area contributed by atoms with Gasteiger partial charge in [0.1, 0.15) is 10.8 Å². The van der Waals surface area contributed by atoms with Crippen molar-refractivity contribution in [2.45, 2.75) is 26.7 Å². The molecular weight excluding hydrogens is 386 g/mol. The second-order valence-corrected chi connectivity index (χ2v) is 8.37. The van der Waals surface area contributed by atoms with E-state index in [1.807, 2.05) is 36.6 Å². The highest BCUT2D eigenvalue weighted by Crippen LogP contribution is 2.40. The molecule has 5 rings (SSSR count). The Labute approximate surface area is 171 Å². The number of rotatable bonds is 3. The van der Waals surface area contributed by atoms with Crippen LogP contribution in [0, 0.1) is 25.2 Å². The number of amidine groups is 2. The Balaban J connectivity index is 1.55.